The zero-order valence-electron chi connectivity index (χ0n) is 15.9. The number of carbonyl (C=O) groups excluding carboxylic acids is 2. The first-order valence-electron chi connectivity index (χ1n) is 10.00. The Morgan fingerprint density at radius 1 is 1.14 bits per heavy atom. The zero-order valence-corrected chi connectivity index (χ0v) is 15.9. The number of rotatable bonds is 7. The minimum absolute atomic E-state index is 0.0991. The molecule has 2 fully saturated rings. The van der Waals surface area contributed by atoms with Crippen LogP contribution in [-0.4, -0.2) is 52.4 Å². The molecule has 2 heterocycles. The summed E-state index contributed by atoms with van der Waals surface area (Å²) < 4.78 is 6.04. The van der Waals surface area contributed by atoms with E-state index in [4.69, 9.17) is 4.74 Å². The van der Waals surface area contributed by atoms with Crippen molar-refractivity contribution in [2.24, 2.45) is 5.92 Å². The second-order valence-electron chi connectivity index (χ2n) is 7.52. The van der Waals surface area contributed by atoms with Crippen LogP contribution in [0.15, 0.2) is 36.8 Å². The van der Waals surface area contributed by atoms with Crippen molar-refractivity contribution in [1.82, 2.24) is 20.2 Å². The molecular weight excluding hydrogens is 356 g/mol. The maximum absolute atomic E-state index is 12.2. The van der Waals surface area contributed by atoms with Gasteiger partial charge in [-0.25, -0.2) is 4.98 Å². The van der Waals surface area contributed by atoms with E-state index in [1.54, 1.807) is 24.7 Å². The molecule has 7 nitrogen and oxygen atoms in total. The van der Waals surface area contributed by atoms with Crippen LogP contribution in [0.1, 0.15) is 41.7 Å². The van der Waals surface area contributed by atoms with Crippen molar-refractivity contribution in [3.05, 3.63) is 48.0 Å². The van der Waals surface area contributed by atoms with Crippen LogP contribution in [0.3, 0.4) is 0 Å². The fourth-order valence-corrected chi connectivity index (χ4v) is 3.49. The Morgan fingerprint density at radius 3 is 2.54 bits per heavy atom. The van der Waals surface area contributed by atoms with Gasteiger partial charge in [0.1, 0.15) is 11.9 Å². The van der Waals surface area contributed by atoms with Crippen molar-refractivity contribution in [2.45, 2.75) is 38.2 Å². The molecule has 2 aliphatic rings. The predicted molar refractivity (Wildman–Crippen MR) is 104 cm³/mol. The van der Waals surface area contributed by atoms with Gasteiger partial charge < -0.3 is 19.9 Å². The van der Waals surface area contributed by atoms with Crippen LogP contribution in [0.2, 0.25) is 0 Å². The summed E-state index contributed by atoms with van der Waals surface area (Å²) in [7, 11) is 0. The van der Waals surface area contributed by atoms with Crippen LogP contribution in [0.4, 0.5) is 0 Å². The molecular formula is C21H26N4O3. The maximum atomic E-state index is 12.2. The molecule has 0 bridgehead atoms. The summed E-state index contributed by atoms with van der Waals surface area (Å²) in [5.74, 6) is 1.27. The molecule has 1 saturated carbocycles. The van der Waals surface area contributed by atoms with Gasteiger partial charge in [-0.15, -0.1) is 0 Å². The van der Waals surface area contributed by atoms with E-state index in [0.29, 0.717) is 18.0 Å². The van der Waals surface area contributed by atoms with Gasteiger partial charge in [0, 0.05) is 62.3 Å². The van der Waals surface area contributed by atoms with Gasteiger partial charge in [-0.2, -0.15) is 0 Å². The Bertz CT molecular complexity index is 792. The molecule has 1 aliphatic heterocycles. The summed E-state index contributed by atoms with van der Waals surface area (Å²) in [5, 5.41) is 2.90. The third kappa shape index (κ3) is 4.71. The van der Waals surface area contributed by atoms with E-state index in [1.807, 2.05) is 17.0 Å². The first-order chi connectivity index (χ1) is 13.7. The van der Waals surface area contributed by atoms with Crippen molar-refractivity contribution in [2.75, 3.05) is 19.6 Å². The van der Waals surface area contributed by atoms with Gasteiger partial charge in [0.15, 0.2) is 0 Å². The molecule has 1 aromatic carbocycles. The Labute approximate surface area is 164 Å². The summed E-state index contributed by atoms with van der Waals surface area (Å²) in [6, 6.07) is 7.25. The number of nitrogens with zero attached hydrogens (tertiary/aromatic N) is 2. The first-order valence-corrected chi connectivity index (χ1v) is 10.00. The molecule has 0 unspecified atom stereocenters. The number of amides is 2. The number of likely N-dealkylation sites (tertiary alicyclic amines) is 1. The van der Waals surface area contributed by atoms with Gasteiger partial charge >= 0.3 is 0 Å². The fraction of sp³-hybridized carbons (Fsp3) is 0.476. The SMILES string of the molecule is O=C(NCCc1cnc[nH]1)c1ccc(OC2CCN(C(=O)C3CC3)CC2)cc1. The van der Waals surface area contributed by atoms with Crippen molar-refractivity contribution < 1.29 is 14.3 Å². The molecule has 2 N–H and O–H groups in total. The van der Waals surface area contributed by atoms with Crippen LogP contribution >= 0.6 is 0 Å². The van der Waals surface area contributed by atoms with Crippen LogP contribution in [0.25, 0.3) is 0 Å². The van der Waals surface area contributed by atoms with E-state index in [0.717, 1.165) is 56.6 Å². The summed E-state index contributed by atoms with van der Waals surface area (Å²) in [6.45, 7) is 2.10. The molecule has 0 spiro atoms. The number of hydrogen-bond donors (Lipinski definition) is 2. The Balaban J connectivity index is 1.21. The van der Waals surface area contributed by atoms with E-state index in [2.05, 4.69) is 15.3 Å². The van der Waals surface area contributed by atoms with Crippen LogP contribution < -0.4 is 10.1 Å². The minimum Gasteiger partial charge on any atom is -0.490 e. The van der Waals surface area contributed by atoms with E-state index in [-0.39, 0.29) is 17.9 Å². The largest absolute Gasteiger partial charge is 0.490 e. The molecule has 2 aromatic rings. The number of hydrogen-bond acceptors (Lipinski definition) is 4. The monoisotopic (exact) mass is 382 g/mol. The van der Waals surface area contributed by atoms with Gasteiger partial charge in [-0.1, -0.05) is 0 Å². The van der Waals surface area contributed by atoms with Crippen molar-refractivity contribution in [1.29, 1.82) is 0 Å². The normalized spacial score (nSPS) is 17.4. The number of aromatic nitrogens is 2. The highest BCUT2D eigenvalue weighted by molar-refractivity contribution is 5.94. The third-order valence-corrected chi connectivity index (χ3v) is 5.33. The van der Waals surface area contributed by atoms with Crippen LogP contribution in [0.5, 0.6) is 5.75 Å². The highest BCUT2D eigenvalue weighted by Gasteiger charge is 2.35. The standard InChI is InChI=1S/C21H26N4O3/c26-20(23-10-7-17-13-22-14-24-17)15-3-5-18(6-4-15)28-19-8-11-25(12-9-19)21(27)16-1-2-16/h3-6,13-14,16,19H,1-2,7-12H2,(H,22,24)(H,23,26). The summed E-state index contributed by atoms with van der Waals surface area (Å²) in [4.78, 5) is 33.3. The fourth-order valence-electron chi connectivity index (χ4n) is 3.49. The molecule has 0 atom stereocenters. The predicted octanol–water partition coefficient (Wildman–Crippen LogP) is 2.16. The lowest BCUT2D eigenvalue weighted by Gasteiger charge is -2.32. The van der Waals surface area contributed by atoms with E-state index >= 15 is 0 Å². The van der Waals surface area contributed by atoms with E-state index in [1.165, 1.54) is 0 Å². The first kappa shape index (κ1) is 18.5. The van der Waals surface area contributed by atoms with Gasteiger partial charge in [0.25, 0.3) is 5.91 Å². The summed E-state index contributed by atoms with van der Waals surface area (Å²) in [6.07, 6.45) is 8.04. The minimum atomic E-state index is -0.0991. The van der Waals surface area contributed by atoms with Gasteiger partial charge in [-0.3, -0.25) is 9.59 Å². The quantitative estimate of drug-likeness (QED) is 0.768. The number of aromatic amines is 1. The number of H-pyrrole nitrogens is 1. The lowest BCUT2D eigenvalue weighted by Crippen LogP contribution is -2.42. The molecule has 148 valence electrons. The van der Waals surface area contributed by atoms with Crippen molar-refractivity contribution in [3.63, 3.8) is 0 Å². The van der Waals surface area contributed by atoms with Crippen LogP contribution in [-0.2, 0) is 11.2 Å². The second-order valence-corrected chi connectivity index (χ2v) is 7.52. The number of nitrogens with one attached hydrogen (secondary N) is 2. The Morgan fingerprint density at radius 2 is 1.89 bits per heavy atom. The molecule has 7 heteroatoms. The number of ether oxygens (including phenoxy) is 1. The average molecular weight is 382 g/mol. The Kier molecular flexibility index (Phi) is 5.60. The molecule has 1 aromatic heterocycles. The molecule has 1 aliphatic carbocycles. The lowest BCUT2D eigenvalue weighted by atomic mass is 10.1. The lowest BCUT2D eigenvalue weighted by molar-refractivity contribution is -0.134. The summed E-state index contributed by atoms with van der Waals surface area (Å²) in [5.41, 5.74) is 1.61. The molecule has 4 rings (SSSR count). The molecule has 28 heavy (non-hydrogen) atoms. The number of carbonyl (C=O) groups is 2. The van der Waals surface area contributed by atoms with Crippen molar-refractivity contribution >= 4 is 11.8 Å². The highest BCUT2D eigenvalue weighted by Crippen LogP contribution is 2.32. The summed E-state index contributed by atoms with van der Waals surface area (Å²) >= 11 is 0. The molecule has 2 amide bonds. The zero-order chi connectivity index (χ0) is 19.3. The Hall–Kier alpha value is -2.83. The maximum Gasteiger partial charge on any atom is 0.251 e. The topological polar surface area (TPSA) is 87.3 Å². The molecule has 0 radical (unpaired) electrons. The third-order valence-electron chi connectivity index (χ3n) is 5.33. The second kappa shape index (κ2) is 8.46. The highest BCUT2D eigenvalue weighted by atomic mass is 16.5. The number of piperidine rings is 1. The number of benzene rings is 1. The van der Waals surface area contributed by atoms with E-state index in [9.17, 15) is 9.59 Å². The molecule has 1 saturated heterocycles. The average Bonchev–Trinajstić information content (AvgIpc) is 3.45. The van der Waals surface area contributed by atoms with Gasteiger partial charge in [-0.05, 0) is 37.1 Å². The van der Waals surface area contributed by atoms with Crippen molar-refractivity contribution in [3.8, 4) is 5.75 Å². The smallest absolute Gasteiger partial charge is 0.251 e. The van der Waals surface area contributed by atoms with Gasteiger partial charge in [0.05, 0.1) is 6.33 Å². The van der Waals surface area contributed by atoms with E-state index < -0.39 is 0 Å². The van der Waals surface area contributed by atoms with Crippen LogP contribution in [0, 0.1) is 5.92 Å². The number of imidazole rings is 1. The van der Waals surface area contributed by atoms with Gasteiger partial charge in [0.2, 0.25) is 5.91 Å².